The Balaban J connectivity index is 2.17. The molecule has 2 nitrogen and oxygen atoms in total. The summed E-state index contributed by atoms with van der Waals surface area (Å²) in [5.74, 6) is 0.550. The first kappa shape index (κ1) is 14.6. The predicted octanol–water partition coefficient (Wildman–Crippen LogP) is 4.90. The molecule has 0 radical (unpaired) electrons. The van der Waals surface area contributed by atoms with Gasteiger partial charge in [-0.25, -0.2) is 0 Å². The number of carbonyl (C=O) groups excluding carboxylic acids is 1. The summed E-state index contributed by atoms with van der Waals surface area (Å²) >= 11 is 11.8. The SMILES string of the molecule is COc1cccc(C(=O)/C=C/c2ccc(Cl)c(Cl)c2)c1. The molecule has 0 bridgehead atoms. The van der Waals surface area contributed by atoms with E-state index in [-0.39, 0.29) is 5.78 Å². The molecule has 2 rings (SSSR count). The first-order chi connectivity index (χ1) is 9.60. The Morgan fingerprint density at radius 2 is 1.90 bits per heavy atom. The number of methoxy groups -OCH3 is 1. The van der Waals surface area contributed by atoms with Gasteiger partial charge in [0, 0.05) is 5.56 Å². The predicted molar refractivity (Wildman–Crippen MR) is 82.8 cm³/mol. The van der Waals surface area contributed by atoms with Gasteiger partial charge in [0.2, 0.25) is 0 Å². The average Bonchev–Trinajstić information content (AvgIpc) is 2.48. The van der Waals surface area contributed by atoms with Crippen LogP contribution in [0.2, 0.25) is 10.0 Å². The molecule has 4 heteroatoms. The molecule has 0 fully saturated rings. The van der Waals surface area contributed by atoms with Crippen LogP contribution < -0.4 is 4.74 Å². The summed E-state index contributed by atoms with van der Waals surface area (Å²) in [5, 5.41) is 0.950. The summed E-state index contributed by atoms with van der Waals surface area (Å²) in [6.45, 7) is 0. The van der Waals surface area contributed by atoms with Crippen molar-refractivity contribution in [2.75, 3.05) is 7.11 Å². The lowest BCUT2D eigenvalue weighted by molar-refractivity contribution is 0.104. The van der Waals surface area contributed by atoms with Gasteiger partial charge >= 0.3 is 0 Å². The number of benzene rings is 2. The maximum atomic E-state index is 12.0. The lowest BCUT2D eigenvalue weighted by Gasteiger charge is -2.01. The number of allylic oxidation sites excluding steroid dienone is 1. The van der Waals surface area contributed by atoms with Gasteiger partial charge in [0.1, 0.15) is 5.75 Å². The fraction of sp³-hybridized carbons (Fsp3) is 0.0625. The second kappa shape index (κ2) is 6.60. The van der Waals surface area contributed by atoms with Crippen LogP contribution in [0, 0.1) is 0 Å². The molecule has 0 spiro atoms. The van der Waals surface area contributed by atoms with Gasteiger partial charge in [0.25, 0.3) is 0 Å². The van der Waals surface area contributed by atoms with Crippen molar-refractivity contribution in [3.05, 3.63) is 69.7 Å². The molecule has 0 aliphatic rings. The van der Waals surface area contributed by atoms with E-state index in [1.165, 1.54) is 6.08 Å². The molecule has 0 saturated carbocycles. The van der Waals surface area contributed by atoms with Gasteiger partial charge in [-0.3, -0.25) is 4.79 Å². The number of carbonyl (C=O) groups is 1. The Labute approximate surface area is 127 Å². The third-order valence-electron chi connectivity index (χ3n) is 2.73. The van der Waals surface area contributed by atoms with Crippen molar-refractivity contribution in [2.24, 2.45) is 0 Å². The van der Waals surface area contributed by atoms with Crippen LogP contribution in [0.25, 0.3) is 6.08 Å². The zero-order chi connectivity index (χ0) is 14.5. The summed E-state index contributed by atoms with van der Waals surface area (Å²) in [5.41, 5.74) is 1.39. The van der Waals surface area contributed by atoms with Crippen LogP contribution in [-0.2, 0) is 0 Å². The molecule has 2 aromatic rings. The minimum absolute atomic E-state index is 0.102. The van der Waals surface area contributed by atoms with Gasteiger partial charge in [0.15, 0.2) is 5.78 Å². The fourth-order valence-electron chi connectivity index (χ4n) is 1.66. The molecule has 2 aromatic carbocycles. The van der Waals surface area contributed by atoms with E-state index in [0.717, 1.165) is 5.56 Å². The lowest BCUT2D eigenvalue weighted by atomic mass is 10.1. The monoisotopic (exact) mass is 306 g/mol. The van der Waals surface area contributed by atoms with Gasteiger partial charge < -0.3 is 4.74 Å². The Bertz CT molecular complexity index is 663. The van der Waals surface area contributed by atoms with Crippen molar-refractivity contribution < 1.29 is 9.53 Å². The Kier molecular flexibility index (Phi) is 4.83. The highest BCUT2D eigenvalue weighted by atomic mass is 35.5. The molecule has 0 saturated heterocycles. The van der Waals surface area contributed by atoms with Crippen LogP contribution in [0.1, 0.15) is 15.9 Å². The van der Waals surface area contributed by atoms with Crippen LogP contribution in [0.5, 0.6) is 5.75 Å². The number of halogens is 2. The van der Waals surface area contributed by atoms with Gasteiger partial charge in [-0.05, 0) is 35.9 Å². The van der Waals surface area contributed by atoms with E-state index >= 15 is 0 Å². The van der Waals surface area contributed by atoms with Crippen molar-refractivity contribution in [2.45, 2.75) is 0 Å². The maximum absolute atomic E-state index is 12.0. The van der Waals surface area contributed by atoms with E-state index in [9.17, 15) is 4.79 Å². The highest BCUT2D eigenvalue weighted by Gasteiger charge is 2.03. The quantitative estimate of drug-likeness (QED) is 0.593. The zero-order valence-electron chi connectivity index (χ0n) is 10.8. The molecule has 0 heterocycles. The van der Waals surface area contributed by atoms with E-state index < -0.39 is 0 Å². The zero-order valence-corrected chi connectivity index (χ0v) is 12.3. The minimum Gasteiger partial charge on any atom is -0.497 e. The van der Waals surface area contributed by atoms with Crippen LogP contribution in [0.15, 0.2) is 48.5 Å². The van der Waals surface area contributed by atoms with Gasteiger partial charge in [-0.2, -0.15) is 0 Å². The number of ether oxygens (including phenoxy) is 1. The summed E-state index contributed by atoms with van der Waals surface area (Å²) in [4.78, 5) is 12.0. The molecule has 0 aliphatic carbocycles. The third-order valence-corrected chi connectivity index (χ3v) is 3.46. The van der Waals surface area contributed by atoms with Crippen molar-refractivity contribution in [3.63, 3.8) is 0 Å². The van der Waals surface area contributed by atoms with E-state index in [1.807, 2.05) is 0 Å². The molecule has 0 aliphatic heterocycles. The van der Waals surface area contributed by atoms with Crippen LogP contribution in [0.4, 0.5) is 0 Å². The van der Waals surface area contributed by atoms with Gasteiger partial charge in [-0.15, -0.1) is 0 Å². The topological polar surface area (TPSA) is 26.3 Å². The van der Waals surface area contributed by atoms with Crippen LogP contribution >= 0.6 is 23.2 Å². The van der Waals surface area contributed by atoms with Gasteiger partial charge in [0.05, 0.1) is 17.2 Å². The van der Waals surface area contributed by atoms with Gasteiger partial charge in [-0.1, -0.05) is 47.5 Å². The first-order valence-corrected chi connectivity index (χ1v) is 6.67. The molecule has 0 atom stereocenters. The highest BCUT2D eigenvalue weighted by molar-refractivity contribution is 6.42. The minimum atomic E-state index is -0.102. The van der Waals surface area contributed by atoms with Crippen molar-refractivity contribution in [3.8, 4) is 5.75 Å². The molecule has 0 amide bonds. The Morgan fingerprint density at radius 3 is 2.60 bits per heavy atom. The number of hydrogen-bond donors (Lipinski definition) is 0. The van der Waals surface area contributed by atoms with Crippen LogP contribution in [-0.4, -0.2) is 12.9 Å². The van der Waals surface area contributed by atoms with E-state index in [0.29, 0.717) is 21.4 Å². The summed E-state index contributed by atoms with van der Waals surface area (Å²) in [6, 6.07) is 12.2. The number of hydrogen-bond acceptors (Lipinski definition) is 2. The summed E-state index contributed by atoms with van der Waals surface area (Å²) in [7, 11) is 1.56. The molecular weight excluding hydrogens is 295 g/mol. The molecular formula is C16H12Cl2O2. The molecule has 0 aromatic heterocycles. The lowest BCUT2D eigenvalue weighted by Crippen LogP contribution is -1.94. The Morgan fingerprint density at radius 1 is 1.10 bits per heavy atom. The largest absolute Gasteiger partial charge is 0.497 e. The second-order valence-electron chi connectivity index (χ2n) is 4.10. The number of rotatable bonds is 4. The van der Waals surface area contributed by atoms with E-state index in [1.54, 1.807) is 55.7 Å². The first-order valence-electron chi connectivity index (χ1n) is 5.91. The van der Waals surface area contributed by atoms with E-state index in [2.05, 4.69) is 0 Å². The van der Waals surface area contributed by atoms with Crippen molar-refractivity contribution in [1.29, 1.82) is 0 Å². The molecule has 20 heavy (non-hydrogen) atoms. The summed E-state index contributed by atoms with van der Waals surface area (Å²) in [6.07, 6.45) is 3.19. The molecule has 0 unspecified atom stereocenters. The number of ketones is 1. The van der Waals surface area contributed by atoms with E-state index in [4.69, 9.17) is 27.9 Å². The Hall–Kier alpha value is -1.77. The van der Waals surface area contributed by atoms with Crippen LogP contribution in [0.3, 0.4) is 0 Å². The third kappa shape index (κ3) is 3.62. The summed E-state index contributed by atoms with van der Waals surface area (Å²) < 4.78 is 5.09. The smallest absolute Gasteiger partial charge is 0.185 e. The average molecular weight is 307 g/mol. The molecule has 0 N–H and O–H groups in total. The second-order valence-corrected chi connectivity index (χ2v) is 4.92. The molecule has 102 valence electrons. The highest BCUT2D eigenvalue weighted by Crippen LogP contribution is 2.23. The normalized spacial score (nSPS) is 10.8. The van der Waals surface area contributed by atoms with Crippen molar-refractivity contribution >= 4 is 35.1 Å². The maximum Gasteiger partial charge on any atom is 0.185 e. The van der Waals surface area contributed by atoms with Crippen molar-refractivity contribution in [1.82, 2.24) is 0 Å². The fourth-order valence-corrected chi connectivity index (χ4v) is 1.97. The standard InChI is InChI=1S/C16H12Cl2O2/c1-20-13-4-2-3-12(10-13)16(19)8-6-11-5-7-14(17)15(18)9-11/h2-10H,1H3/b8-6+.